The minimum Gasteiger partial charge on any atom is -0.481 e. The van der Waals surface area contributed by atoms with Crippen LogP contribution in [0.3, 0.4) is 0 Å². The fraction of sp³-hybridized carbons (Fsp3) is 0.560. The molecule has 0 bridgehead atoms. The van der Waals surface area contributed by atoms with Crippen LogP contribution in [-0.4, -0.2) is 63.0 Å². The van der Waals surface area contributed by atoms with Gasteiger partial charge in [0, 0.05) is 45.0 Å². The second-order valence-corrected chi connectivity index (χ2v) is 10.1. The lowest BCUT2D eigenvalue weighted by Gasteiger charge is -2.29. The average molecular weight is 511 g/mol. The number of hydrogen-bond donors (Lipinski definition) is 1. The third-order valence-electron chi connectivity index (χ3n) is 5.73. The molecule has 2 aliphatic heterocycles. The number of benzene rings is 1. The van der Waals surface area contributed by atoms with Gasteiger partial charge in [0.25, 0.3) is 0 Å². The molecular weight excluding hydrogens is 477 g/mol. The van der Waals surface area contributed by atoms with Crippen molar-refractivity contribution in [2.45, 2.75) is 64.9 Å². The average Bonchev–Trinajstić information content (AvgIpc) is 3.15. The van der Waals surface area contributed by atoms with Gasteiger partial charge >= 0.3 is 18.2 Å². The Labute approximate surface area is 208 Å². The SMILES string of the molecule is CC(C)(C)OC(=O)N1CCCn2ccnc21.O=C(O)CC1Cc2ccccc2CN(CC(F)(F)F)C1. The number of amides is 1. The molecule has 11 heteroatoms. The first-order valence-electron chi connectivity index (χ1n) is 11.9. The number of nitrogens with zero attached hydrogens (tertiary/aromatic N) is 4. The molecule has 0 fully saturated rings. The van der Waals surface area contributed by atoms with Crippen molar-refractivity contribution in [1.82, 2.24) is 14.5 Å². The van der Waals surface area contributed by atoms with Gasteiger partial charge in [-0.25, -0.2) is 14.7 Å². The van der Waals surface area contributed by atoms with Crippen LogP contribution in [0, 0.1) is 5.92 Å². The fourth-order valence-electron chi connectivity index (χ4n) is 4.42. The fourth-order valence-corrected chi connectivity index (χ4v) is 4.42. The lowest BCUT2D eigenvalue weighted by atomic mass is 9.95. The molecule has 2 aliphatic rings. The zero-order valence-electron chi connectivity index (χ0n) is 20.8. The number of fused-ring (bicyclic) bond motifs is 2. The molecule has 0 aliphatic carbocycles. The predicted molar refractivity (Wildman–Crippen MR) is 128 cm³/mol. The topological polar surface area (TPSA) is 87.9 Å². The van der Waals surface area contributed by atoms with Gasteiger partial charge in [-0.1, -0.05) is 24.3 Å². The first-order valence-corrected chi connectivity index (χ1v) is 11.9. The molecule has 198 valence electrons. The second-order valence-electron chi connectivity index (χ2n) is 10.1. The number of aryl methyl sites for hydroxylation is 1. The third kappa shape index (κ3) is 8.25. The Kier molecular flexibility index (Phi) is 8.65. The summed E-state index contributed by atoms with van der Waals surface area (Å²) in [6.45, 7) is 6.54. The van der Waals surface area contributed by atoms with Crippen molar-refractivity contribution in [3.05, 3.63) is 47.8 Å². The van der Waals surface area contributed by atoms with E-state index in [0.717, 1.165) is 24.1 Å². The zero-order chi connectivity index (χ0) is 26.5. The summed E-state index contributed by atoms with van der Waals surface area (Å²) in [5, 5.41) is 8.88. The van der Waals surface area contributed by atoms with Crippen molar-refractivity contribution in [2.75, 3.05) is 24.5 Å². The molecule has 4 rings (SSSR count). The lowest BCUT2D eigenvalue weighted by Crippen LogP contribution is -2.41. The number of halogens is 3. The van der Waals surface area contributed by atoms with Gasteiger partial charge < -0.3 is 14.4 Å². The maximum Gasteiger partial charge on any atom is 0.417 e. The van der Waals surface area contributed by atoms with E-state index in [9.17, 15) is 22.8 Å². The maximum atomic E-state index is 12.6. The highest BCUT2D eigenvalue weighted by molar-refractivity contribution is 5.86. The summed E-state index contributed by atoms with van der Waals surface area (Å²) in [5.41, 5.74) is 1.33. The number of aromatic nitrogens is 2. The number of carbonyl (C=O) groups is 2. The number of alkyl halides is 3. The smallest absolute Gasteiger partial charge is 0.417 e. The lowest BCUT2D eigenvalue weighted by molar-refractivity contribution is -0.148. The van der Waals surface area contributed by atoms with Gasteiger partial charge in [-0.15, -0.1) is 0 Å². The van der Waals surface area contributed by atoms with Gasteiger partial charge in [0.1, 0.15) is 5.60 Å². The highest BCUT2D eigenvalue weighted by atomic mass is 19.4. The first kappa shape index (κ1) is 27.5. The number of rotatable bonds is 3. The summed E-state index contributed by atoms with van der Waals surface area (Å²) in [5.74, 6) is -0.583. The Hall–Kier alpha value is -3.08. The van der Waals surface area contributed by atoms with E-state index in [4.69, 9.17) is 9.84 Å². The Balaban J connectivity index is 0.000000205. The van der Waals surface area contributed by atoms with Crippen LogP contribution in [0.25, 0.3) is 0 Å². The van der Waals surface area contributed by atoms with Crippen LogP contribution in [0.5, 0.6) is 0 Å². The summed E-state index contributed by atoms with van der Waals surface area (Å²) in [7, 11) is 0. The van der Waals surface area contributed by atoms with Crippen LogP contribution in [0.2, 0.25) is 0 Å². The molecule has 1 unspecified atom stereocenters. The molecule has 1 N–H and O–H groups in total. The first-order chi connectivity index (χ1) is 16.8. The summed E-state index contributed by atoms with van der Waals surface area (Å²) < 4.78 is 45.0. The monoisotopic (exact) mass is 510 g/mol. The van der Waals surface area contributed by atoms with Crippen molar-refractivity contribution < 1.29 is 32.6 Å². The molecular formula is C25H33F3N4O4. The molecule has 2 aromatic rings. The number of aliphatic carboxylic acids is 1. The minimum absolute atomic E-state index is 0.108. The molecule has 1 atom stereocenters. The second kappa shape index (κ2) is 11.3. The summed E-state index contributed by atoms with van der Waals surface area (Å²) in [6, 6.07) is 7.29. The number of hydrogen-bond acceptors (Lipinski definition) is 5. The largest absolute Gasteiger partial charge is 0.481 e. The van der Waals surface area contributed by atoms with E-state index in [2.05, 4.69) is 4.98 Å². The van der Waals surface area contributed by atoms with E-state index >= 15 is 0 Å². The summed E-state index contributed by atoms with van der Waals surface area (Å²) in [4.78, 5) is 29.8. The quantitative estimate of drug-likeness (QED) is 0.643. The van der Waals surface area contributed by atoms with Gasteiger partial charge in [0.05, 0.1) is 6.54 Å². The number of ether oxygens (including phenoxy) is 1. The standard InChI is InChI=1S/C14H16F3NO2.C11H17N3O2/c15-14(16,17)9-18-7-10(6-13(19)20)5-11-3-1-2-4-12(11)8-18;1-11(2,3)16-10(15)14-7-4-6-13-8-5-12-9(13)14/h1-4,10H,5-9H2,(H,19,20);5,8H,4,6-7H2,1-3H3. The number of carbonyl (C=O) groups excluding carboxylic acids is 1. The third-order valence-corrected chi connectivity index (χ3v) is 5.73. The highest BCUT2D eigenvalue weighted by Gasteiger charge is 2.33. The molecule has 3 heterocycles. The molecule has 36 heavy (non-hydrogen) atoms. The van der Waals surface area contributed by atoms with Gasteiger partial charge in [0.15, 0.2) is 0 Å². The van der Waals surface area contributed by atoms with E-state index < -0.39 is 24.3 Å². The Morgan fingerprint density at radius 1 is 1.14 bits per heavy atom. The van der Waals surface area contributed by atoms with Crippen LogP contribution in [-0.2, 0) is 29.0 Å². The molecule has 8 nitrogen and oxygen atoms in total. The molecule has 1 aromatic carbocycles. The molecule has 1 amide bonds. The number of carboxylic acids is 1. The van der Waals surface area contributed by atoms with Crippen LogP contribution < -0.4 is 4.90 Å². The van der Waals surface area contributed by atoms with Crippen molar-refractivity contribution >= 4 is 18.0 Å². The van der Waals surface area contributed by atoms with Gasteiger partial charge in [0.2, 0.25) is 5.95 Å². The van der Waals surface area contributed by atoms with Gasteiger partial charge in [-0.05, 0) is 50.7 Å². The molecule has 1 aromatic heterocycles. The predicted octanol–water partition coefficient (Wildman–Crippen LogP) is 4.73. The van der Waals surface area contributed by atoms with Crippen molar-refractivity contribution in [1.29, 1.82) is 0 Å². The molecule has 0 saturated heterocycles. The van der Waals surface area contributed by atoms with Gasteiger partial charge in [-0.3, -0.25) is 9.69 Å². The maximum absolute atomic E-state index is 12.6. The van der Waals surface area contributed by atoms with Crippen LogP contribution in [0.4, 0.5) is 23.9 Å². The number of carboxylic acid groups (broad SMARTS) is 1. The minimum atomic E-state index is -4.27. The van der Waals surface area contributed by atoms with E-state index in [1.807, 2.05) is 49.7 Å². The van der Waals surface area contributed by atoms with E-state index in [1.54, 1.807) is 17.2 Å². The normalized spacial score (nSPS) is 18.3. The molecule has 0 radical (unpaired) electrons. The number of anilines is 1. The van der Waals surface area contributed by atoms with E-state index in [0.29, 0.717) is 18.9 Å². The van der Waals surface area contributed by atoms with Crippen molar-refractivity contribution in [3.8, 4) is 0 Å². The summed E-state index contributed by atoms with van der Waals surface area (Å²) >= 11 is 0. The molecule has 0 spiro atoms. The Bertz CT molecular complexity index is 1050. The molecule has 0 saturated carbocycles. The van der Waals surface area contributed by atoms with E-state index in [-0.39, 0.29) is 31.5 Å². The number of imidazole rings is 1. The van der Waals surface area contributed by atoms with Crippen molar-refractivity contribution in [3.63, 3.8) is 0 Å². The van der Waals surface area contributed by atoms with Gasteiger partial charge in [-0.2, -0.15) is 13.2 Å². The zero-order valence-corrected chi connectivity index (χ0v) is 20.8. The van der Waals surface area contributed by atoms with Crippen LogP contribution in [0.15, 0.2) is 36.7 Å². The van der Waals surface area contributed by atoms with Crippen LogP contribution >= 0.6 is 0 Å². The van der Waals surface area contributed by atoms with Crippen molar-refractivity contribution in [2.24, 2.45) is 5.92 Å². The van der Waals surface area contributed by atoms with Crippen LogP contribution in [0.1, 0.15) is 44.7 Å². The Morgan fingerprint density at radius 2 is 1.83 bits per heavy atom. The van der Waals surface area contributed by atoms with E-state index in [1.165, 1.54) is 4.90 Å². The highest BCUT2D eigenvalue weighted by Crippen LogP contribution is 2.27. The Morgan fingerprint density at radius 3 is 2.47 bits per heavy atom. The summed E-state index contributed by atoms with van der Waals surface area (Å²) in [6.07, 6.45) is 0.332.